The second-order valence-corrected chi connectivity index (χ2v) is 3.90. The predicted molar refractivity (Wildman–Crippen MR) is 54.5 cm³/mol. The summed E-state index contributed by atoms with van der Waals surface area (Å²) in [5, 5.41) is 0.254. The van der Waals surface area contributed by atoms with Gasteiger partial charge in [0.15, 0.2) is 11.6 Å². The van der Waals surface area contributed by atoms with E-state index in [1.54, 1.807) is 6.20 Å². The first-order valence-electron chi connectivity index (χ1n) is 4.84. The predicted octanol–water partition coefficient (Wildman–Crippen LogP) is 0.728. The van der Waals surface area contributed by atoms with Crippen LogP contribution in [0, 0.1) is 0 Å². The van der Waals surface area contributed by atoms with Gasteiger partial charge < -0.3 is 14.4 Å². The first-order valence-corrected chi connectivity index (χ1v) is 5.22. The Hall–Kier alpha value is -1.07. The van der Waals surface area contributed by atoms with Crippen LogP contribution in [0.25, 0.3) is 0 Å². The Labute approximate surface area is 92.0 Å². The van der Waals surface area contributed by atoms with E-state index in [0.717, 1.165) is 19.0 Å². The van der Waals surface area contributed by atoms with Gasteiger partial charge >= 0.3 is 0 Å². The highest BCUT2D eigenvalue weighted by Crippen LogP contribution is 2.32. The van der Waals surface area contributed by atoms with E-state index in [1.807, 2.05) is 0 Å². The number of aromatic nitrogens is 2. The molecule has 0 aromatic carbocycles. The van der Waals surface area contributed by atoms with Crippen molar-refractivity contribution in [2.45, 2.75) is 6.04 Å². The minimum Gasteiger partial charge on any atom is -0.486 e. The highest BCUT2D eigenvalue weighted by atomic mass is 35.5. The molecule has 0 aliphatic carbocycles. The molecule has 0 amide bonds. The maximum absolute atomic E-state index is 5.77. The van der Waals surface area contributed by atoms with E-state index in [4.69, 9.17) is 21.1 Å². The molecule has 1 aromatic heterocycles. The van der Waals surface area contributed by atoms with Crippen LogP contribution >= 0.6 is 11.6 Å². The smallest absolute Gasteiger partial charge is 0.224 e. The topological polar surface area (TPSA) is 47.5 Å². The monoisotopic (exact) mass is 227 g/mol. The number of hydrogen-bond acceptors (Lipinski definition) is 5. The fourth-order valence-electron chi connectivity index (χ4n) is 1.91. The molecule has 1 atom stereocenters. The minimum atomic E-state index is 0.247. The first-order chi connectivity index (χ1) is 7.34. The van der Waals surface area contributed by atoms with Gasteiger partial charge in [0, 0.05) is 6.54 Å². The largest absolute Gasteiger partial charge is 0.486 e. The van der Waals surface area contributed by atoms with E-state index >= 15 is 0 Å². The van der Waals surface area contributed by atoms with Crippen molar-refractivity contribution >= 4 is 17.4 Å². The highest BCUT2D eigenvalue weighted by Gasteiger charge is 2.31. The van der Waals surface area contributed by atoms with Crippen molar-refractivity contribution in [3.8, 4) is 5.75 Å². The van der Waals surface area contributed by atoms with Crippen molar-refractivity contribution < 1.29 is 9.47 Å². The summed E-state index contributed by atoms with van der Waals surface area (Å²) >= 11 is 5.77. The van der Waals surface area contributed by atoms with Gasteiger partial charge in [-0.2, -0.15) is 4.98 Å². The molecule has 0 radical (unpaired) electrons. The van der Waals surface area contributed by atoms with E-state index < -0.39 is 0 Å². The second-order valence-electron chi connectivity index (χ2n) is 3.56. The lowest BCUT2D eigenvalue weighted by Crippen LogP contribution is -2.51. The summed E-state index contributed by atoms with van der Waals surface area (Å²) in [6.07, 6.45) is 1.62. The lowest BCUT2D eigenvalue weighted by molar-refractivity contribution is 0.0696. The second kappa shape index (κ2) is 3.50. The number of ether oxygens (including phenoxy) is 2. The molecule has 1 saturated heterocycles. The number of morpholine rings is 1. The van der Waals surface area contributed by atoms with Crippen LogP contribution in [0.15, 0.2) is 6.20 Å². The van der Waals surface area contributed by atoms with Gasteiger partial charge in [0.1, 0.15) is 6.61 Å². The molecule has 0 saturated carbocycles. The van der Waals surface area contributed by atoms with Gasteiger partial charge in [-0.25, -0.2) is 4.98 Å². The molecule has 2 aliphatic rings. The standard InChI is InChI=1S/C9H10ClN3O2/c10-9-11-3-7-8(12-9)13-1-2-14-4-6(13)5-15-7/h3,6H,1-2,4-5H2. The van der Waals surface area contributed by atoms with E-state index in [-0.39, 0.29) is 11.3 Å². The van der Waals surface area contributed by atoms with Crippen molar-refractivity contribution in [3.63, 3.8) is 0 Å². The fraction of sp³-hybridized carbons (Fsp3) is 0.556. The fourth-order valence-corrected chi connectivity index (χ4v) is 2.04. The third-order valence-corrected chi connectivity index (χ3v) is 2.82. The Balaban J connectivity index is 2.01. The number of anilines is 1. The first kappa shape index (κ1) is 9.18. The van der Waals surface area contributed by atoms with Gasteiger partial charge in [-0.05, 0) is 11.6 Å². The molecule has 1 aromatic rings. The van der Waals surface area contributed by atoms with Crippen molar-refractivity contribution in [2.75, 3.05) is 31.3 Å². The molecule has 3 heterocycles. The third kappa shape index (κ3) is 1.52. The lowest BCUT2D eigenvalue weighted by atomic mass is 10.2. The van der Waals surface area contributed by atoms with Crippen LogP contribution in [0.4, 0.5) is 5.82 Å². The Bertz CT molecular complexity index is 388. The molecule has 6 heteroatoms. The van der Waals surface area contributed by atoms with Crippen LogP contribution < -0.4 is 9.64 Å². The Morgan fingerprint density at radius 2 is 2.40 bits per heavy atom. The summed E-state index contributed by atoms with van der Waals surface area (Å²) in [5.41, 5.74) is 0. The molecule has 1 unspecified atom stereocenters. The summed E-state index contributed by atoms with van der Waals surface area (Å²) in [6, 6.07) is 0.247. The van der Waals surface area contributed by atoms with Crippen molar-refractivity contribution in [1.29, 1.82) is 0 Å². The molecule has 0 N–H and O–H groups in total. The Morgan fingerprint density at radius 3 is 3.33 bits per heavy atom. The van der Waals surface area contributed by atoms with E-state index in [1.165, 1.54) is 0 Å². The number of rotatable bonds is 0. The summed E-state index contributed by atoms with van der Waals surface area (Å²) in [6.45, 7) is 2.85. The van der Waals surface area contributed by atoms with Crippen LogP contribution in [0.5, 0.6) is 5.75 Å². The highest BCUT2D eigenvalue weighted by molar-refractivity contribution is 6.28. The molecular weight excluding hydrogens is 218 g/mol. The van der Waals surface area contributed by atoms with Crippen LogP contribution in [-0.2, 0) is 4.74 Å². The molecule has 15 heavy (non-hydrogen) atoms. The van der Waals surface area contributed by atoms with E-state index in [9.17, 15) is 0 Å². The summed E-state index contributed by atoms with van der Waals surface area (Å²) in [5.74, 6) is 1.49. The van der Waals surface area contributed by atoms with E-state index in [2.05, 4.69) is 14.9 Å². The molecule has 1 fully saturated rings. The number of halogens is 1. The average Bonchev–Trinajstić information content (AvgIpc) is 2.29. The number of fused-ring (bicyclic) bond motifs is 3. The number of nitrogens with zero attached hydrogens (tertiary/aromatic N) is 3. The molecule has 80 valence electrons. The van der Waals surface area contributed by atoms with Crippen LogP contribution in [0.2, 0.25) is 5.28 Å². The van der Waals surface area contributed by atoms with Gasteiger partial charge in [-0.1, -0.05) is 0 Å². The maximum Gasteiger partial charge on any atom is 0.224 e. The summed E-state index contributed by atoms with van der Waals surface area (Å²) < 4.78 is 10.9. The van der Waals surface area contributed by atoms with Crippen molar-refractivity contribution in [3.05, 3.63) is 11.5 Å². The van der Waals surface area contributed by atoms with E-state index in [0.29, 0.717) is 19.0 Å². The zero-order valence-electron chi connectivity index (χ0n) is 8.02. The maximum atomic E-state index is 5.77. The summed E-state index contributed by atoms with van der Waals surface area (Å²) in [4.78, 5) is 10.3. The van der Waals surface area contributed by atoms with Crippen LogP contribution in [0.1, 0.15) is 0 Å². The quantitative estimate of drug-likeness (QED) is 0.612. The lowest BCUT2D eigenvalue weighted by Gasteiger charge is -2.40. The van der Waals surface area contributed by atoms with Crippen molar-refractivity contribution in [2.24, 2.45) is 0 Å². The molecule has 0 bridgehead atoms. The molecule has 0 spiro atoms. The molecule has 5 nitrogen and oxygen atoms in total. The molecule has 3 rings (SSSR count). The third-order valence-electron chi connectivity index (χ3n) is 2.64. The molecular formula is C9H10ClN3O2. The van der Waals surface area contributed by atoms with Crippen LogP contribution in [0.3, 0.4) is 0 Å². The SMILES string of the molecule is Clc1ncc2c(n1)N1CCOCC1CO2. The van der Waals surface area contributed by atoms with Gasteiger partial charge in [0.2, 0.25) is 5.28 Å². The minimum absolute atomic E-state index is 0.247. The van der Waals surface area contributed by atoms with Gasteiger partial charge in [0.05, 0.1) is 25.5 Å². The van der Waals surface area contributed by atoms with Gasteiger partial charge in [-0.3, -0.25) is 0 Å². The van der Waals surface area contributed by atoms with Gasteiger partial charge in [0.25, 0.3) is 0 Å². The van der Waals surface area contributed by atoms with Crippen molar-refractivity contribution in [1.82, 2.24) is 9.97 Å². The zero-order valence-corrected chi connectivity index (χ0v) is 8.78. The zero-order chi connectivity index (χ0) is 10.3. The average molecular weight is 228 g/mol. The Morgan fingerprint density at radius 1 is 1.47 bits per heavy atom. The van der Waals surface area contributed by atoms with Crippen LogP contribution in [-0.4, -0.2) is 42.4 Å². The summed E-state index contributed by atoms with van der Waals surface area (Å²) in [7, 11) is 0. The Kier molecular flexibility index (Phi) is 2.14. The number of hydrogen-bond donors (Lipinski definition) is 0. The normalized spacial score (nSPS) is 24.1. The molecule has 2 aliphatic heterocycles. The van der Waals surface area contributed by atoms with Gasteiger partial charge in [-0.15, -0.1) is 0 Å².